The van der Waals surface area contributed by atoms with E-state index in [1.54, 1.807) is 23.3 Å². The van der Waals surface area contributed by atoms with Gasteiger partial charge in [-0.2, -0.15) is 0 Å². The maximum absolute atomic E-state index is 12.9. The molecule has 0 radical (unpaired) electrons. The van der Waals surface area contributed by atoms with Crippen LogP contribution >= 0.6 is 11.3 Å². The van der Waals surface area contributed by atoms with Crippen LogP contribution in [0.15, 0.2) is 11.1 Å². The summed E-state index contributed by atoms with van der Waals surface area (Å²) in [6, 6.07) is 0. The van der Waals surface area contributed by atoms with Crippen molar-refractivity contribution in [3.8, 4) is 0 Å². The zero-order valence-electron chi connectivity index (χ0n) is 16.6. The van der Waals surface area contributed by atoms with Gasteiger partial charge >= 0.3 is 0 Å². The summed E-state index contributed by atoms with van der Waals surface area (Å²) < 4.78 is 1.37. The fourth-order valence-corrected chi connectivity index (χ4v) is 4.74. The molecular weight excluding hydrogens is 376 g/mol. The molecule has 0 unspecified atom stereocenters. The number of carbonyl (C=O) groups excluding carboxylic acids is 2. The second kappa shape index (κ2) is 9.32. The third-order valence-corrected chi connectivity index (χ3v) is 6.39. The molecule has 0 aliphatic heterocycles. The highest BCUT2D eigenvalue weighted by molar-refractivity contribution is 7.18. The Bertz CT molecular complexity index is 918. The van der Waals surface area contributed by atoms with E-state index in [1.807, 2.05) is 0 Å². The van der Waals surface area contributed by atoms with Crippen molar-refractivity contribution < 1.29 is 9.59 Å². The summed E-state index contributed by atoms with van der Waals surface area (Å²) in [7, 11) is 1.78. The summed E-state index contributed by atoms with van der Waals surface area (Å²) in [4.78, 5) is 45.2. The van der Waals surface area contributed by atoms with Crippen LogP contribution in [0.4, 0.5) is 0 Å². The largest absolute Gasteiger partial charge is 0.354 e. The Morgan fingerprint density at radius 3 is 2.89 bits per heavy atom. The van der Waals surface area contributed by atoms with Crippen molar-refractivity contribution in [1.82, 2.24) is 19.8 Å². The lowest BCUT2D eigenvalue weighted by Crippen LogP contribution is -2.35. The van der Waals surface area contributed by atoms with Crippen LogP contribution in [-0.2, 0) is 29.0 Å². The first kappa shape index (κ1) is 20.5. The molecule has 1 aliphatic carbocycles. The summed E-state index contributed by atoms with van der Waals surface area (Å²) in [5.74, 6) is -0.268. The molecule has 0 aromatic carbocycles. The summed E-state index contributed by atoms with van der Waals surface area (Å²) in [6.07, 6.45) is 7.89. The summed E-state index contributed by atoms with van der Waals surface area (Å²) in [6.45, 7) is 3.01. The molecule has 2 aromatic rings. The second-order valence-electron chi connectivity index (χ2n) is 7.34. The van der Waals surface area contributed by atoms with Crippen LogP contribution in [0.3, 0.4) is 0 Å². The van der Waals surface area contributed by atoms with Gasteiger partial charge in [0.2, 0.25) is 11.8 Å². The van der Waals surface area contributed by atoms with Crippen molar-refractivity contribution in [1.29, 1.82) is 0 Å². The molecule has 0 atom stereocenters. The van der Waals surface area contributed by atoms with Crippen LogP contribution in [0.5, 0.6) is 0 Å². The van der Waals surface area contributed by atoms with Crippen LogP contribution in [0, 0.1) is 0 Å². The number of nitrogens with one attached hydrogen (secondary N) is 1. The average Bonchev–Trinajstić information content (AvgIpc) is 3.07. The molecule has 0 saturated heterocycles. The van der Waals surface area contributed by atoms with Crippen molar-refractivity contribution in [3.63, 3.8) is 0 Å². The van der Waals surface area contributed by atoms with Crippen molar-refractivity contribution in [2.75, 3.05) is 20.1 Å². The number of hydrogen-bond acceptors (Lipinski definition) is 5. The Kier molecular flexibility index (Phi) is 6.83. The van der Waals surface area contributed by atoms with Gasteiger partial charge in [0, 0.05) is 31.4 Å². The van der Waals surface area contributed by atoms with Gasteiger partial charge in [-0.05, 0) is 37.7 Å². The first-order valence-electron chi connectivity index (χ1n) is 10.0. The minimum Gasteiger partial charge on any atom is -0.354 e. The predicted molar refractivity (Wildman–Crippen MR) is 111 cm³/mol. The maximum atomic E-state index is 12.9. The number of carbonyl (C=O) groups is 2. The monoisotopic (exact) mass is 404 g/mol. The van der Waals surface area contributed by atoms with Gasteiger partial charge in [-0.3, -0.25) is 19.0 Å². The van der Waals surface area contributed by atoms with Gasteiger partial charge in [-0.1, -0.05) is 13.3 Å². The summed E-state index contributed by atoms with van der Waals surface area (Å²) in [5.41, 5.74) is 0.981. The molecule has 8 heteroatoms. The van der Waals surface area contributed by atoms with E-state index >= 15 is 0 Å². The van der Waals surface area contributed by atoms with Crippen LogP contribution in [0.2, 0.25) is 0 Å². The number of fused-ring (bicyclic) bond motifs is 3. The molecule has 2 amide bonds. The van der Waals surface area contributed by atoms with Crippen molar-refractivity contribution >= 4 is 33.4 Å². The fraction of sp³-hybridized carbons (Fsp3) is 0.600. The minimum atomic E-state index is -0.281. The molecule has 0 fully saturated rings. The first-order valence-corrected chi connectivity index (χ1v) is 10.8. The molecule has 0 spiro atoms. The molecule has 1 N–H and O–H groups in total. The maximum Gasteiger partial charge on any atom is 0.262 e. The zero-order chi connectivity index (χ0) is 20.1. The first-order chi connectivity index (χ1) is 13.5. The quantitative estimate of drug-likeness (QED) is 0.730. The lowest BCUT2D eigenvalue weighted by atomic mass is 9.97. The number of aromatic nitrogens is 2. The van der Waals surface area contributed by atoms with E-state index in [1.165, 1.54) is 15.8 Å². The molecule has 0 saturated carbocycles. The number of hydrogen-bond donors (Lipinski definition) is 1. The number of nitrogens with zero attached hydrogens (tertiary/aromatic N) is 3. The number of unbranched alkanes of at least 4 members (excludes halogenated alkanes) is 1. The second-order valence-corrected chi connectivity index (χ2v) is 8.42. The van der Waals surface area contributed by atoms with Gasteiger partial charge in [0.05, 0.1) is 11.7 Å². The molecule has 28 heavy (non-hydrogen) atoms. The lowest BCUT2D eigenvalue weighted by molar-refractivity contribution is -0.130. The predicted octanol–water partition coefficient (Wildman–Crippen LogP) is 2.10. The highest BCUT2D eigenvalue weighted by Crippen LogP contribution is 2.33. The highest BCUT2D eigenvalue weighted by Gasteiger charge is 2.20. The fourth-order valence-electron chi connectivity index (χ4n) is 3.52. The topological polar surface area (TPSA) is 84.3 Å². The Morgan fingerprint density at radius 2 is 2.11 bits per heavy atom. The molecule has 2 heterocycles. The third-order valence-electron chi connectivity index (χ3n) is 5.19. The Labute approximate surface area is 168 Å². The number of aryl methyl sites for hydroxylation is 2. The van der Waals surface area contributed by atoms with Crippen LogP contribution in [0.25, 0.3) is 10.2 Å². The normalized spacial score (nSPS) is 13.4. The molecule has 7 nitrogen and oxygen atoms in total. The number of rotatable bonds is 8. The Hall–Kier alpha value is -2.22. The summed E-state index contributed by atoms with van der Waals surface area (Å²) in [5, 5.41) is 3.42. The van der Waals surface area contributed by atoms with E-state index < -0.39 is 0 Å². The third kappa shape index (κ3) is 4.60. The molecule has 0 bridgehead atoms. The van der Waals surface area contributed by atoms with Crippen LogP contribution in [-0.4, -0.2) is 46.4 Å². The lowest BCUT2D eigenvalue weighted by Gasteiger charge is -2.16. The molecular formula is C20H28N4O3S. The molecule has 3 rings (SSSR count). The molecule has 2 aromatic heterocycles. The van der Waals surface area contributed by atoms with Crippen molar-refractivity contribution in [2.45, 2.75) is 58.4 Å². The van der Waals surface area contributed by atoms with Gasteiger partial charge in [0.1, 0.15) is 11.4 Å². The molecule has 1 aliphatic rings. The van der Waals surface area contributed by atoms with Crippen molar-refractivity contribution in [3.05, 3.63) is 27.1 Å². The van der Waals surface area contributed by atoms with E-state index in [9.17, 15) is 14.4 Å². The van der Waals surface area contributed by atoms with Gasteiger partial charge in [0.25, 0.3) is 5.56 Å². The van der Waals surface area contributed by atoms with Gasteiger partial charge in [-0.25, -0.2) is 4.98 Å². The van der Waals surface area contributed by atoms with E-state index in [2.05, 4.69) is 17.2 Å². The number of thiophene rings is 1. The summed E-state index contributed by atoms with van der Waals surface area (Å²) >= 11 is 1.60. The van der Waals surface area contributed by atoms with E-state index in [-0.39, 0.29) is 36.9 Å². The SMILES string of the molecule is CCCCN(C)C(=O)CCNC(=O)Cn1cnc2sc3c(c2c1=O)CCCC3. The highest BCUT2D eigenvalue weighted by atomic mass is 32.1. The number of amides is 2. The van der Waals surface area contributed by atoms with Crippen molar-refractivity contribution in [2.24, 2.45) is 0 Å². The van der Waals surface area contributed by atoms with Gasteiger partial charge in [-0.15, -0.1) is 11.3 Å². The van der Waals surface area contributed by atoms with Gasteiger partial charge < -0.3 is 10.2 Å². The Balaban J connectivity index is 1.58. The minimum absolute atomic E-state index is 0.0129. The average molecular weight is 405 g/mol. The van der Waals surface area contributed by atoms with Crippen LogP contribution in [0.1, 0.15) is 49.5 Å². The van der Waals surface area contributed by atoms with E-state index in [0.717, 1.165) is 55.5 Å². The standard InChI is InChI=1S/C20H28N4O3S/c1-3-4-11-23(2)17(26)9-10-21-16(25)12-24-13-22-19-18(20(24)27)14-7-5-6-8-15(14)28-19/h13H,3-12H2,1-2H3,(H,21,25). The smallest absolute Gasteiger partial charge is 0.262 e. The molecule has 152 valence electrons. The van der Waals surface area contributed by atoms with Gasteiger partial charge in [0.15, 0.2) is 0 Å². The zero-order valence-corrected chi connectivity index (χ0v) is 17.4. The van der Waals surface area contributed by atoms with E-state index in [0.29, 0.717) is 5.39 Å². The van der Waals surface area contributed by atoms with Crippen LogP contribution < -0.4 is 10.9 Å². The Morgan fingerprint density at radius 1 is 1.32 bits per heavy atom. The van der Waals surface area contributed by atoms with E-state index in [4.69, 9.17) is 0 Å².